The number of hydrogen-bond donors (Lipinski definition) is 0. The quantitative estimate of drug-likeness (QED) is 0.423. The van der Waals surface area contributed by atoms with Gasteiger partial charge in [-0.25, -0.2) is 0 Å². The van der Waals surface area contributed by atoms with E-state index in [2.05, 4.69) is 22.5 Å². The van der Waals surface area contributed by atoms with Gasteiger partial charge in [-0.05, 0) is 52.7 Å². The summed E-state index contributed by atoms with van der Waals surface area (Å²) in [4.78, 5) is 12.7. The Bertz CT molecular complexity index is 1100. The van der Waals surface area contributed by atoms with Crippen LogP contribution in [0.2, 0.25) is 0 Å². The summed E-state index contributed by atoms with van der Waals surface area (Å²) in [6.07, 6.45) is -4.93. The summed E-state index contributed by atoms with van der Waals surface area (Å²) in [6.45, 7) is 5.61. The van der Waals surface area contributed by atoms with E-state index in [4.69, 9.17) is 13.9 Å². The van der Waals surface area contributed by atoms with Crippen LogP contribution in [-0.4, -0.2) is 6.61 Å². The van der Waals surface area contributed by atoms with E-state index in [9.17, 15) is 18.0 Å². The number of para-hydroxylation sites is 1. The Kier molecular flexibility index (Phi) is 5.51. The van der Waals surface area contributed by atoms with E-state index in [1.54, 1.807) is 25.1 Å². The van der Waals surface area contributed by atoms with Crippen LogP contribution < -0.4 is 14.9 Å². The van der Waals surface area contributed by atoms with Gasteiger partial charge in [0, 0.05) is 6.07 Å². The van der Waals surface area contributed by atoms with Gasteiger partial charge in [0.25, 0.3) is 5.76 Å². The van der Waals surface area contributed by atoms with Crippen LogP contribution in [0.25, 0.3) is 11.0 Å². The topological polar surface area (TPSA) is 48.7 Å². The summed E-state index contributed by atoms with van der Waals surface area (Å²) < 4.78 is 56.8. The van der Waals surface area contributed by atoms with E-state index in [1.165, 1.54) is 24.3 Å². The molecule has 1 heterocycles. The Balaban J connectivity index is 2.16. The summed E-state index contributed by atoms with van der Waals surface area (Å²) in [5, 5.41) is -0.0577. The second-order valence-corrected chi connectivity index (χ2v) is 6.88. The standard InChI is InChI=1S/C20H14BrF3O4/c1-11(2)10-26-12-7-8-13-16(9-12)28-19(20(22,23)24)18(17(13)25)27-15-6-4-3-5-14(15)21/h3-9H,1,10H2,2H3. The molecular formula is C20H14BrF3O4. The zero-order chi connectivity index (χ0) is 20.5. The molecule has 0 radical (unpaired) electrons. The van der Waals surface area contributed by atoms with Crippen LogP contribution in [0.1, 0.15) is 12.7 Å². The van der Waals surface area contributed by atoms with Gasteiger partial charge in [0.1, 0.15) is 23.7 Å². The van der Waals surface area contributed by atoms with Gasteiger partial charge in [0.05, 0.1) is 9.86 Å². The van der Waals surface area contributed by atoms with Crippen LogP contribution in [0.4, 0.5) is 13.2 Å². The highest BCUT2D eigenvalue weighted by atomic mass is 79.9. The fourth-order valence-corrected chi connectivity index (χ4v) is 2.74. The summed E-state index contributed by atoms with van der Waals surface area (Å²) in [7, 11) is 0. The summed E-state index contributed by atoms with van der Waals surface area (Å²) in [5.41, 5.74) is -0.457. The fourth-order valence-electron chi connectivity index (χ4n) is 2.37. The van der Waals surface area contributed by atoms with Gasteiger partial charge in [0.2, 0.25) is 11.2 Å². The van der Waals surface area contributed by atoms with E-state index >= 15 is 0 Å². The molecule has 0 aliphatic carbocycles. The van der Waals surface area contributed by atoms with Crippen molar-refractivity contribution < 1.29 is 27.1 Å². The van der Waals surface area contributed by atoms with Gasteiger partial charge < -0.3 is 13.9 Å². The van der Waals surface area contributed by atoms with Crippen molar-refractivity contribution >= 4 is 26.9 Å². The Labute approximate surface area is 166 Å². The average molecular weight is 455 g/mol. The van der Waals surface area contributed by atoms with Crippen molar-refractivity contribution in [1.29, 1.82) is 0 Å². The largest absolute Gasteiger partial charge is 0.489 e. The van der Waals surface area contributed by atoms with Crippen molar-refractivity contribution in [2.45, 2.75) is 13.1 Å². The molecule has 0 fully saturated rings. The van der Waals surface area contributed by atoms with Crippen molar-refractivity contribution in [2.24, 2.45) is 0 Å². The highest BCUT2D eigenvalue weighted by Gasteiger charge is 2.40. The zero-order valence-electron chi connectivity index (χ0n) is 14.6. The molecule has 0 saturated heterocycles. The van der Waals surface area contributed by atoms with Crippen LogP contribution in [0.5, 0.6) is 17.2 Å². The maximum atomic E-state index is 13.5. The molecule has 0 unspecified atom stereocenters. The molecule has 0 atom stereocenters. The summed E-state index contributed by atoms with van der Waals surface area (Å²) in [5.74, 6) is -2.13. The fraction of sp³-hybridized carbons (Fsp3) is 0.150. The highest BCUT2D eigenvalue weighted by Crippen LogP contribution is 2.39. The summed E-state index contributed by atoms with van der Waals surface area (Å²) in [6, 6.07) is 10.3. The number of benzene rings is 2. The van der Waals surface area contributed by atoms with Crippen molar-refractivity contribution in [3.8, 4) is 17.2 Å². The molecule has 28 heavy (non-hydrogen) atoms. The molecule has 0 N–H and O–H groups in total. The molecule has 146 valence electrons. The first kappa shape index (κ1) is 20.0. The van der Waals surface area contributed by atoms with Crippen LogP contribution in [-0.2, 0) is 6.18 Å². The lowest BCUT2D eigenvalue weighted by Gasteiger charge is -2.14. The van der Waals surface area contributed by atoms with Crippen molar-refractivity contribution in [2.75, 3.05) is 6.61 Å². The van der Waals surface area contributed by atoms with E-state index in [0.29, 0.717) is 4.47 Å². The summed E-state index contributed by atoms with van der Waals surface area (Å²) >= 11 is 3.18. The molecule has 0 aliphatic heterocycles. The van der Waals surface area contributed by atoms with Crippen molar-refractivity contribution in [1.82, 2.24) is 0 Å². The molecule has 0 amide bonds. The molecule has 0 bridgehead atoms. The first-order chi connectivity index (χ1) is 13.2. The lowest BCUT2D eigenvalue weighted by Crippen LogP contribution is -2.15. The first-order valence-electron chi connectivity index (χ1n) is 8.04. The molecule has 4 nitrogen and oxygen atoms in total. The third kappa shape index (κ3) is 4.22. The molecule has 3 rings (SSSR count). The minimum Gasteiger partial charge on any atom is -0.489 e. The molecule has 1 aromatic heterocycles. The predicted molar refractivity (Wildman–Crippen MR) is 102 cm³/mol. The SMILES string of the molecule is C=C(C)COc1ccc2c(=O)c(Oc3ccccc3Br)c(C(F)(F)F)oc2c1. The molecule has 2 aromatic carbocycles. The average Bonchev–Trinajstić information content (AvgIpc) is 2.62. The number of fused-ring (bicyclic) bond motifs is 1. The maximum Gasteiger partial charge on any atom is 0.453 e. The monoisotopic (exact) mass is 454 g/mol. The van der Waals surface area contributed by atoms with Crippen LogP contribution in [0.3, 0.4) is 0 Å². The second-order valence-electron chi connectivity index (χ2n) is 6.02. The Hall–Kier alpha value is -2.74. The van der Waals surface area contributed by atoms with Gasteiger partial charge in [-0.2, -0.15) is 13.2 Å². The molecule has 0 saturated carbocycles. The number of halogens is 4. The third-order valence-electron chi connectivity index (χ3n) is 3.61. The predicted octanol–water partition coefficient (Wildman–Crippen LogP) is 6.32. The number of hydrogen-bond acceptors (Lipinski definition) is 4. The Morgan fingerprint density at radius 2 is 1.93 bits per heavy atom. The number of alkyl halides is 3. The van der Waals surface area contributed by atoms with Gasteiger partial charge in [-0.1, -0.05) is 18.7 Å². The number of ether oxygens (including phenoxy) is 2. The van der Waals surface area contributed by atoms with Crippen LogP contribution in [0.15, 0.2) is 68.3 Å². The van der Waals surface area contributed by atoms with E-state index in [0.717, 1.165) is 5.57 Å². The minimum absolute atomic E-state index is 0.0565. The van der Waals surface area contributed by atoms with Crippen LogP contribution >= 0.6 is 15.9 Å². The smallest absolute Gasteiger partial charge is 0.453 e. The maximum absolute atomic E-state index is 13.5. The number of rotatable bonds is 5. The Morgan fingerprint density at radius 3 is 2.57 bits per heavy atom. The first-order valence-corrected chi connectivity index (χ1v) is 8.83. The molecule has 3 aromatic rings. The molecule has 0 spiro atoms. The van der Waals surface area contributed by atoms with E-state index in [1.807, 2.05) is 0 Å². The van der Waals surface area contributed by atoms with Gasteiger partial charge in [-0.15, -0.1) is 0 Å². The minimum atomic E-state index is -4.93. The molecule has 0 aliphatic rings. The second kappa shape index (κ2) is 7.71. The van der Waals surface area contributed by atoms with Gasteiger partial charge in [0.15, 0.2) is 0 Å². The third-order valence-corrected chi connectivity index (χ3v) is 4.27. The van der Waals surface area contributed by atoms with E-state index in [-0.39, 0.29) is 29.1 Å². The normalized spacial score (nSPS) is 11.5. The van der Waals surface area contributed by atoms with Gasteiger partial charge in [-0.3, -0.25) is 4.79 Å². The highest BCUT2D eigenvalue weighted by molar-refractivity contribution is 9.10. The molecular weight excluding hydrogens is 441 g/mol. The van der Waals surface area contributed by atoms with Gasteiger partial charge >= 0.3 is 6.18 Å². The zero-order valence-corrected chi connectivity index (χ0v) is 16.2. The van der Waals surface area contributed by atoms with Crippen molar-refractivity contribution in [3.05, 3.63) is 75.1 Å². The Morgan fingerprint density at radius 1 is 1.21 bits per heavy atom. The van der Waals surface area contributed by atoms with E-state index < -0.39 is 23.1 Å². The lowest BCUT2D eigenvalue weighted by molar-refractivity contribution is -0.154. The molecule has 8 heteroatoms. The van der Waals surface area contributed by atoms with Crippen molar-refractivity contribution in [3.63, 3.8) is 0 Å². The van der Waals surface area contributed by atoms with Crippen LogP contribution in [0, 0.1) is 0 Å². The lowest BCUT2D eigenvalue weighted by atomic mass is 10.2.